The van der Waals surface area contributed by atoms with E-state index in [-0.39, 0.29) is 5.91 Å². The molecule has 0 saturated heterocycles. The summed E-state index contributed by atoms with van der Waals surface area (Å²) in [5, 5.41) is 8.88. The van der Waals surface area contributed by atoms with Crippen LogP contribution in [0, 0.1) is 0 Å². The summed E-state index contributed by atoms with van der Waals surface area (Å²) in [6.07, 6.45) is 0.733. The van der Waals surface area contributed by atoms with Crippen molar-refractivity contribution < 1.29 is 14.3 Å². The van der Waals surface area contributed by atoms with Gasteiger partial charge in [-0.3, -0.25) is 4.79 Å². The van der Waals surface area contributed by atoms with Crippen LogP contribution in [-0.2, 0) is 4.74 Å². The average molecular weight is 419 g/mol. The van der Waals surface area contributed by atoms with Gasteiger partial charge in [-0.1, -0.05) is 17.7 Å². The first-order valence-electron chi connectivity index (χ1n) is 9.41. The van der Waals surface area contributed by atoms with Crippen LogP contribution in [0.25, 0.3) is 0 Å². The molecule has 0 unspecified atom stereocenters. The zero-order chi connectivity index (χ0) is 21.2. The van der Waals surface area contributed by atoms with Crippen LogP contribution in [0.15, 0.2) is 42.5 Å². The Morgan fingerprint density at radius 2 is 1.79 bits per heavy atom. The van der Waals surface area contributed by atoms with Gasteiger partial charge < -0.3 is 25.6 Å². The van der Waals surface area contributed by atoms with Gasteiger partial charge in [0.15, 0.2) is 0 Å². The fraction of sp³-hybridized carbons (Fsp3) is 0.333. The van der Waals surface area contributed by atoms with Crippen molar-refractivity contribution in [1.82, 2.24) is 5.32 Å². The number of halogens is 1. The number of nitrogens with one attached hydrogen (secondary N) is 3. The first-order chi connectivity index (χ1) is 13.9. The first-order valence-corrected chi connectivity index (χ1v) is 9.79. The van der Waals surface area contributed by atoms with Gasteiger partial charge in [-0.15, -0.1) is 0 Å². The van der Waals surface area contributed by atoms with E-state index in [0.717, 1.165) is 12.1 Å². The second-order valence-electron chi connectivity index (χ2n) is 6.52. The zero-order valence-electron chi connectivity index (χ0n) is 16.9. The monoisotopic (exact) mass is 418 g/mol. The molecule has 0 spiro atoms. The molecule has 2 aromatic carbocycles. The Morgan fingerprint density at radius 1 is 1.07 bits per heavy atom. The molecule has 0 aromatic heterocycles. The van der Waals surface area contributed by atoms with E-state index in [1.165, 1.54) is 0 Å². The van der Waals surface area contributed by atoms with E-state index in [9.17, 15) is 9.59 Å². The molecule has 0 aliphatic rings. The number of nitrogens with zero attached hydrogens (tertiary/aromatic N) is 1. The third-order valence-corrected chi connectivity index (χ3v) is 4.25. The van der Waals surface area contributed by atoms with Crippen LogP contribution in [0.2, 0.25) is 5.02 Å². The van der Waals surface area contributed by atoms with Gasteiger partial charge in [-0.2, -0.15) is 0 Å². The van der Waals surface area contributed by atoms with Crippen LogP contribution < -0.4 is 20.9 Å². The first kappa shape index (κ1) is 22.5. The molecule has 0 radical (unpaired) electrons. The number of urea groups is 1. The molecule has 3 amide bonds. The second kappa shape index (κ2) is 11.3. The molecular formula is C21H27ClN4O3. The highest BCUT2D eigenvalue weighted by Crippen LogP contribution is 2.23. The Bertz CT molecular complexity index is 842. The van der Waals surface area contributed by atoms with Crippen molar-refractivity contribution in [1.29, 1.82) is 0 Å². The number of amides is 3. The summed E-state index contributed by atoms with van der Waals surface area (Å²) in [5.41, 5.74) is 2.32. The molecule has 0 saturated carbocycles. The molecular weight excluding hydrogens is 392 g/mol. The van der Waals surface area contributed by atoms with Crippen molar-refractivity contribution in [2.24, 2.45) is 0 Å². The Hall–Kier alpha value is -2.77. The molecule has 0 atom stereocenters. The summed E-state index contributed by atoms with van der Waals surface area (Å²) in [6, 6.07) is 11.6. The highest BCUT2D eigenvalue weighted by molar-refractivity contribution is 6.30. The smallest absolute Gasteiger partial charge is 0.323 e. The number of benzene rings is 2. The maximum Gasteiger partial charge on any atom is 0.323 e. The predicted octanol–water partition coefficient (Wildman–Crippen LogP) is 4.21. The van der Waals surface area contributed by atoms with Gasteiger partial charge in [-0.25, -0.2) is 4.79 Å². The van der Waals surface area contributed by atoms with Gasteiger partial charge in [0.25, 0.3) is 5.91 Å². The lowest BCUT2D eigenvalue weighted by Crippen LogP contribution is -2.27. The van der Waals surface area contributed by atoms with Crippen molar-refractivity contribution in [3.63, 3.8) is 0 Å². The maximum atomic E-state index is 12.6. The number of carbonyl (C=O) groups excluding carboxylic acids is 2. The fourth-order valence-electron chi connectivity index (χ4n) is 2.66. The average Bonchev–Trinajstić information content (AvgIpc) is 2.67. The quantitative estimate of drug-likeness (QED) is 0.533. The minimum absolute atomic E-state index is 0.205. The molecule has 0 fully saturated rings. The van der Waals surface area contributed by atoms with Crippen LogP contribution in [0.3, 0.4) is 0 Å². The van der Waals surface area contributed by atoms with E-state index in [2.05, 4.69) is 16.0 Å². The number of carbonyl (C=O) groups is 2. The minimum atomic E-state index is -0.423. The lowest BCUT2D eigenvalue weighted by Gasteiger charge is -2.18. The van der Waals surface area contributed by atoms with Gasteiger partial charge in [0.2, 0.25) is 0 Å². The largest absolute Gasteiger partial charge is 0.382 e. The van der Waals surface area contributed by atoms with Crippen molar-refractivity contribution >= 4 is 40.6 Å². The minimum Gasteiger partial charge on any atom is -0.382 e. The lowest BCUT2D eigenvalue weighted by atomic mass is 10.1. The van der Waals surface area contributed by atoms with E-state index in [1.54, 1.807) is 42.5 Å². The lowest BCUT2D eigenvalue weighted by molar-refractivity contribution is 0.0944. The van der Waals surface area contributed by atoms with Gasteiger partial charge in [0.05, 0.1) is 5.56 Å². The van der Waals surface area contributed by atoms with Gasteiger partial charge in [-0.05, 0) is 49.7 Å². The number of rotatable bonds is 9. The Labute approximate surface area is 176 Å². The molecule has 7 nitrogen and oxygen atoms in total. The van der Waals surface area contributed by atoms with E-state index in [1.807, 2.05) is 25.9 Å². The maximum absolute atomic E-state index is 12.6. The zero-order valence-corrected chi connectivity index (χ0v) is 17.7. The summed E-state index contributed by atoms with van der Waals surface area (Å²) in [5.74, 6) is -0.205. The topological polar surface area (TPSA) is 82.7 Å². The van der Waals surface area contributed by atoms with Crippen molar-refractivity contribution in [3.8, 4) is 0 Å². The molecule has 3 N–H and O–H groups in total. The highest BCUT2D eigenvalue weighted by Gasteiger charge is 2.14. The molecule has 2 rings (SSSR count). The van der Waals surface area contributed by atoms with Crippen LogP contribution in [0.5, 0.6) is 0 Å². The molecule has 0 aliphatic carbocycles. The normalized spacial score (nSPS) is 10.3. The van der Waals surface area contributed by atoms with Crippen LogP contribution in [-0.4, -0.2) is 45.8 Å². The molecule has 0 aliphatic heterocycles. The van der Waals surface area contributed by atoms with Crippen LogP contribution in [0.1, 0.15) is 23.7 Å². The third kappa shape index (κ3) is 7.29. The van der Waals surface area contributed by atoms with Gasteiger partial charge in [0.1, 0.15) is 0 Å². The molecule has 0 bridgehead atoms. The summed E-state index contributed by atoms with van der Waals surface area (Å²) in [7, 11) is 3.72. The summed E-state index contributed by atoms with van der Waals surface area (Å²) >= 11 is 5.93. The SMILES string of the molecule is CCOCCCNC(=O)c1cc(NC(=O)Nc2cccc(Cl)c2)ccc1N(C)C. The Morgan fingerprint density at radius 3 is 2.45 bits per heavy atom. The Kier molecular flexibility index (Phi) is 8.76. The van der Waals surface area contributed by atoms with E-state index >= 15 is 0 Å². The number of hydrogen-bond donors (Lipinski definition) is 3. The molecule has 0 heterocycles. The van der Waals surface area contributed by atoms with E-state index in [0.29, 0.717) is 41.7 Å². The Balaban J connectivity index is 2.06. The van der Waals surface area contributed by atoms with Crippen molar-refractivity contribution in [2.75, 3.05) is 49.4 Å². The molecule has 2 aromatic rings. The third-order valence-electron chi connectivity index (χ3n) is 4.02. The predicted molar refractivity (Wildman–Crippen MR) is 118 cm³/mol. The molecule has 8 heteroatoms. The standard InChI is InChI=1S/C21H27ClN4O3/c1-4-29-12-6-11-23-20(27)18-14-17(9-10-19(18)26(2)3)25-21(28)24-16-8-5-7-15(22)13-16/h5,7-10,13-14H,4,6,11-12H2,1-3H3,(H,23,27)(H2,24,25,28). The summed E-state index contributed by atoms with van der Waals surface area (Å²) in [4.78, 5) is 26.8. The van der Waals surface area contributed by atoms with E-state index in [4.69, 9.17) is 16.3 Å². The fourth-order valence-corrected chi connectivity index (χ4v) is 2.85. The molecule has 29 heavy (non-hydrogen) atoms. The van der Waals surface area contributed by atoms with Crippen LogP contribution >= 0.6 is 11.6 Å². The highest BCUT2D eigenvalue weighted by atomic mass is 35.5. The molecule has 156 valence electrons. The summed E-state index contributed by atoms with van der Waals surface area (Å²) < 4.78 is 5.28. The van der Waals surface area contributed by atoms with Crippen LogP contribution in [0.4, 0.5) is 21.9 Å². The van der Waals surface area contributed by atoms with Crippen molar-refractivity contribution in [2.45, 2.75) is 13.3 Å². The number of ether oxygens (including phenoxy) is 1. The van der Waals surface area contributed by atoms with E-state index < -0.39 is 6.03 Å². The second-order valence-corrected chi connectivity index (χ2v) is 6.96. The number of anilines is 3. The van der Waals surface area contributed by atoms with Gasteiger partial charge >= 0.3 is 6.03 Å². The van der Waals surface area contributed by atoms with Crippen molar-refractivity contribution in [3.05, 3.63) is 53.1 Å². The summed E-state index contributed by atoms with van der Waals surface area (Å²) in [6.45, 7) is 3.70. The van der Waals surface area contributed by atoms with Gasteiger partial charge in [0, 0.05) is 55.9 Å². The number of hydrogen-bond acceptors (Lipinski definition) is 4.